The minimum absolute atomic E-state index is 0.179. The third kappa shape index (κ3) is 2.99. The Kier molecular flexibility index (Phi) is 4.30. The summed E-state index contributed by atoms with van der Waals surface area (Å²) in [5.41, 5.74) is 1.73. The molecule has 0 atom stereocenters. The van der Waals surface area contributed by atoms with Crippen LogP contribution in [0.4, 0.5) is 4.39 Å². The molecule has 0 unspecified atom stereocenters. The number of aromatic nitrogens is 1. The molecular formula is C18H14FN3O3. The second-order valence-corrected chi connectivity index (χ2v) is 5.33. The highest BCUT2D eigenvalue weighted by Crippen LogP contribution is 2.25. The van der Waals surface area contributed by atoms with Crippen LogP contribution in [-0.2, 0) is 7.05 Å². The second kappa shape index (κ2) is 6.56. The highest BCUT2D eigenvalue weighted by Gasteiger charge is 2.20. The Morgan fingerprint density at radius 2 is 1.88 bits per heavy atom. The van der Waals surface area contributed by atoms with Gasteiger partial charge in [-0.05, 0) is 18.2 Å². The molecule has 3 rings (SSSR count). The normalized spacial score (nSPS) is 11.1. The van der Waals surface area contributed by atoms with Crippen molar-refractivity contribution in [3.8, 4) is 5.75 Å². The lowest BCUT2D eigenvalue weighted by Crippen LogP contribution is -2.30. The number of fused-ring (bicyclic) bond motifs is 1. The van der Waals surface area contributed by atoms with Crippen LogP contribution < -0.4 is 11.0 Å². The number of amides is 1. The van der Waals surface area contributed by atoms with E-state index >= 15 is 0 Å². The lowest BCUT2D eigenvalue weighted by molar-refractivity contribution is 0.0950. The van der Waals surface area contributed by atoms with Crippen molar-refractivity contribution in [2.75, 3.05) is 0 Å². The van der Waals surface area contributed by atoms with Crippen LogP contribution in [0.25, 0.3) is 10.9 Å². The molecule has 0 bridgehead atoms. The van der Waals surface area contributed by atoms with Crippen LogP contribution in [0.3, 0.4) is 0 Å². The van der Waals surface area contributed by atoms with E-state index in [9.17, 15) is 19.1 Å². The van der Waals surface area contributed by atoms with Gasteiger partial charge in [0, 0.05) is 18.0 Å². The van der Waals surface area contributed by atoms with Crippen molar-refractivity contribution >= 4 is 23.0 Å². The molecule has 1 aromatic heterocycles. The molecule has 0 saturated heterocycles. The molecule has 25 heavy (non-hydrogen) atoms. The third-order valence-corrected chi connectivity index (χ3v) is 3.78. The van der Waals surface area contributed by atoms with E-state index in [1.165, 1.54) is 29.8 Å². The van der Waals surface area contributed by atoms with Crippen molar-refractivity contribution in [1.82, 2.24) is 9.99 Å². The number of nitrogens with zero attached hydrogens (tertiary/aromatic N) is 2. The molecule has 0 radical (unpaired) electrons. The lowest BCUT2D eigenvalue weighted by atomic mass is 10.1. The Morgan fingerprint density at radius 3 is 2.64 bits per heavy atom. The third-order valence-electron chi connectivity index (χ3n) is 3.78. The Bertz CT molecular complexity index is 1060. The second-order valence-electron chi connectivity index (χ2n) is 5.33. The van der Waals surface area contributed by atoms with Gasteiger partial charge >= 0.3 is 0 Å². The summed E-state index contributed by atoms with van der Waals surface area (Å²) in [5, 5.41) is 14.3. The number of aromatic hydroxyl groups is 1. The number of hydrogen-bond donors (Lipinski definition) is 2. The quantitative estimate of drug-likeness (QED) is 0.566. The van der Waals surface area contributed by atoms with Gasteiger partial charge in [-0.2, -0.15) is 5.10 Å². The molecule has 2 aromatic carbocycles. The summed E-state index contributed by atoms with van der Waals surface area (Å²) in [6.07, 6.45) is 1.12. The van der Waals surface area contributed by atoms with E-state index in [1.807, 2.05) is 0 Å². The van der Waals surface area contributed by atoms with Crippen molar-refractivity contribution < 1.29 is 14.3 Å². The van der Waals surface area contributed by atoms with E-state index in [0.29, 0.717) is 10.9 Å². The highest BCUT2D eigenvalue weighted by molar-refractivity contribution is 6.02. The Labute approximate surface area is 141 Å². The maximum absolute atomic E-state index is 13.5. The van der Waals surface area contributed by atoms with Crippen LogP contribution in [0.2, 0.25) is 0 Å². The Hall–Kier alpha value is -3.48. The number of pyridine rings is 1. The van der Waals surface area contributed by atoms with Crippen molar-refractivity contribution in [3.05, 3.63) is 75.8 Å². The predicted molar refractivity (Wildman–Crippen MR) is 92.3 cm³/mol. The summed E-state index contributed by atoms with van der Waals surface area (Å²) in [4.78, 5) is 24.6. The summed E-state index contributed by atoms with van der Waals surface area (Å²) < 4.78 is 14.8. The monoisotopic (exact) mass is 339 g/mol. The van der Waals surface area contributed by atoms with Crippen LogP contribution in [0, 0.1) is 5.82 Å². The van der Waals surface area contributed by atoms with E-state index in [2.05, 4.69) is 10.5 Å². The molecule has 0 spiro atoms. The first-order chi connectivity index (χ1) is 12.0. The number of hydrazone groups is 1. The van der Waals surface area contributed by atoms with Gasteiger partial charge in [-0.1, -0.05) is 30.3 Å². The van der Waals surface area contributed by atoms with Gasteiger partial charge < -0.3 is 9.67 Å². The van der Waals surface area contributed by atoms with Gasteiger partial charge in [0.1, 0.15) is 17.1 Å². The zero-order valence-corrected chi connectivity index (χ0v) is 13.2. The summed E-state index contributed by atoms with van der Waals surface area (Å²) in [6, 6.07) is 12.6. The lowest BCUT2D eigenvalue weighted by Gasteiger charge is -2.10. The number of para-hydroxylation sites is 1. The molecule has 1 amide bonds. The first-order valence-corrected chi connectivity index (χ1v) is 7.39. The van der Waals surface area contributed by atoms with E-state index in [0.717, 1.165) is 6.21 Å². The Morgan fingerprint density at radius 1 is 1.20 bits per heavy atom. The number of carbonyl (C=O) groups excluding carboxylic acids is 1. The van der Waals surface area contributed by atoms with E-state index in [1.54, 1.807) is 30.3 Å². The average Bonchev–Trinajstić information content (AvgIpc) is 2.61. The smallest absolute Gasteiger partial charge is 0.280 e. The zero-order chi connectivity index (χ0) is 18.0. The van der Waals surface area contributed by atoms with Gasteiger partial charge in [0.15, 0.2) is 0 Å². The fourth-order valence-corrected chi connectivity index (χ4v) is 2.48. The molecule has 0 aliphatic carbocycles. The molecule has 2 N–H and O–H groups in total. The number of hydrogen-bond acceptors (Lipinski definition) is 4. The van der Waals surface area contributed by atoms with Gasteiger partial charge in [0.2, 0.25) is 0 Å². The van der Waals surface area contributed by atoms with Crippen molar-refractivity contribution in [1.29, 1.82) is 0 Å². The summed E-state index contributed by atoms with van der Waals surface area (Å²) in [6.45, 7) is 0. The number of aryl methyl sites for hydroxylation is 1. The number of halogens is 1. The molecule has 3 aromatic rings. The molecule has 0 aliphatic rings. The first-order valence-electron chi connectivity index (χ1n) is 7.39. The van der Waals surface area contributed by atoms with Gasteiger partial charge in [0.05, 0.1) is 11.7 Å². The van der Waals surface area contributed by atoms with Gasteiger partial charge in [-0.15, -0.1) is 0 Å². The summed E-state index contributed by atoms with van der Waals surface area (Å²) >= 11 is 0. The van der Waals surface area contributed by atoms with Gasteiger partial charge in [0.25, 0.3) is 11.5 Å². The van der Waals surface area contributed by atoms with Crippen LogP contribution in [0.15, 0.2) is 58.4 Å². The van der Waals surface area contributed by atoms with Crippen LogP contribution in [-0.4, -0.2) is 21.8 Å². The van der Waals surface area contributed by atoms with E-state index < -0.39 is 28.6 Å². The van der Waals surface area contributed by atoms with Crippen molar-refractivity contribution in [2.45, 2.75) is 0 Å². The van der Waals surface area contributed by atoms with Crippen LogP contribution in [0.5, 0.6) is 5.75 Å². The SMILES string of the molecule is Cn1c(=O)c(C(=O)N/N=C/c2ccccc2F)c(O)c2ccccc21. The number of benzene rings is 2. The molecule has 0 saturated carbocycles. The van der Waals surface area contributed by atoms with Gasteiger partial charge in [-0.3, -0.25) is 9.59 Å². The Balaban J connectivity index is 1.95. The standard InChI is InChI=1S/C18H14FN3O3/c1-22-14-9-5-3-7-12(14)16(23)15(18(22)25)17(24)21-20-10-11-6-2-4-8-13(11)19/h2-10,23H,1H3,(H,21,24)/b20-10+. The summed E-state index contributed by atoms with van der Waals surface area (Å²) in [7, 11) is 1.50. The van der Waals surface area contributed by atoms with Crippen molar-refractivity contribution in [2.24, 2.45) is 12.1 Å². The molecule has 1 heterocycles. The maximum atomic E-state index is 13.5. The molecular weight excluding hydrogens is 325 g/mol. The molecule has 0 aliphatic heterocycles. The topological polar surface area (TPSA) is 83.7 Å². The fraction of sp³-hybridized carbons (Fsp3) is 0.0556. The van der Waals surface area contributed by atoms with E-state index in [4.69, 9.17) is 0 Å². The predicted octanol–water partition coefficient (Wildman–Crippen LogP) is 2.15. The minimum Gasteiger partial charge on any atom is -0.506 e. The average molecular weight is 339 g/mol. The van der Waals surface area contributed by atoms with E-state index in [-0.39, 0.29) is 5.56 Å². The zero-order valence-electron chi connectivity index (χ0n) is 13.2. The largest absolute Gasteiger partial charge is 0.506 e. The fourth-order valence-electron chi connectivity index (χ4n) is 2.48. The number of carbonyl (C=O) groups is 1. The van der Waals surface area contributed by atoms with Gasteiger partial charge in [-0.25, -0.2) is 9.82 Å². The molecule has 7 heteroatoms. The molecule has 126 valence electrons. The van der Waals surface area contributed by atoms with Crippen LogP contribution in [0.1, 0.15) is 15.9 Å². The number of rotatable bonds is 3. The highest BCUT2D eigenvalue weighted by atomic mass is 19.1. The molecule has 6 nitrogen and oxygen atoms in total. The van der Waals surface area contributed by atoms with Crippen molar-refractivity contribution in [3.63, 3.8) is 0 Å². The minimum atomic E-state index is -0.878. The molecule has 0 fully saturated rings. The summed E-state index contributed by atoms with van der Waals surface area (Å²) in [5.74, 6) is -1.79. The number of nitrogens with one attached hydrogen (secondary N) is 1. The first kappa shape index (κ1) is 16.4. The van der Waals surface area contributed by atoms with Crippen LogP contribution >= 0.6 is 0 Å². The maximum Gasteiger partial charge on any atom is 0.280 e.